The monoisotopic (exact) mass is 321 g/mol. The van der Waals surface area contributed by atoms with Crippen LogP contribution in [0.25, 0.3) is 0 Å². The molecule has 2 unspecified atom stereocenters. The average molecular weight is 321 g/mol. The highest BCUT2D eigenvalue weighted by Crippen LogP contribution is 2.20. The summed E-state index contributed by atoms with van der Waals surface area (Å²) in [5.41, 5.74) is 8.66. The van der Waals surface area contributed by atoms with Crippen molar-refractivity contribution < 1.29 is 0 Å². The number of hydrogen-bond acceptors (Lipinski definition) is 3. The van der Waals surface area contributed by atoms with Gasteiger partial charge in [0.1, 0.15) is 6.04 Å². The number of nitrogens with two attached hydrogens (primary N) is 1. The van der Waals surface area contributed by atoms with Gasteiger partial charge in [-0.05, 0) is 23.5 Å². The van der Waals surface area contributed by atoms with Gasteiger partial charge in [0.2, 0.25) is 0 Å². The fraction of sp³-hybridized carbons (Fsp3) is 0.381. The van der Waals surface area contributed by atoms with Gasteiger partial charge in [-0.15, -0.1) is 0 Å². The normalized spacial score (nSPS) is 13.7. The summed E-state index contributed by atoms with van der Waals surface area (Å²) in [6.45, 7) is 5.95. The molecular weight excluding hydrogens is 294 g/mol. The first-order chi connectivity index (χ1) is 11.6. The van der Waals surface area contributed by atoms with Gasteiger partial charge >= 0.3 is 0 Å². The summed E-state index contributed by atoms with van der Waals surface area (Å²) in [5.74, 6) is 0.489. The van der Waals surface area contributed by atoms with E-state index in [0.717, 1.165) is 19.5 Å². The molecule has 0 fully saturated rings. The van der Waals surface area contributed by atoms with Gasteiger partial charge in [-0.1, -0.05) is 74.5 Å². The highest BCUT2D eigenvalue weighted by molar-refractivity contribution is 5.18. The molecule has 2 atom stereocenters. The second-order valence-corrected chi connectivity index (χ2v) is 6.73. The maximum atomic E-state index is 9.40. The quantitative estimate of drug-likeness (QED) is 0.801. The van der Waals surface area contributed by atoms with Crippen molar-refractivity contribution in [3.8, 4) is 6.07 Å². The second-order valence-electron chi connectivity index (χ2n) is 6.73. The van der Waals surface area contributed by atoms with E-state index in [1.165, 1.54) is 11.1 Å². The van der Waals surface area contributed by atoms with Crippen LogP contribution < -0.4 is 5.73 Å². The molecule has 2 aromatic carbocycles. The summed E-state index contributed by atoms with van der Waals surface area (Å²) < 4.78 is 0. The van der Waals surface area contributed by atoms with Crippen LogP contribution in [0.3, 0.4) is 0 Å². The summed E-state index contributed by atoms with van der Waals surface area (Å²) in [6.07, 6.45) is 0.911. The van der Waals surface area contributed by atoms with E-state index in [4.69, 9.17) is 5.73 Å². The zero-order chi connectivity index (χ0) is 17.4. The molecule has 2 N–H and O–H groups in total. The van der Waals surface area contributed by atoms with Crippen LogP contribution in [-0.2, 0) is 13.1 Å². The Labute approximate surface area is 145 Å². The standard InChI is InChI=1S/C21H27N3/c1-17(2)13-21(20(23)14-22)24(15-18-9-5-3-6-10-18)16-19-11-7-4-8-12-19/h3-12,17,20-21H,13,15-16,23H2,1-2H3. The van der Waals surface area contributed by atoms with Crippen molar-refractivity contribution in [2.45, 2.75) is 45.4 Å². The first-order valence-corrected chi connectivity index (χ1v) is 8.57. The molecule has 0 heterocycles. The fourth-order valence-electron chi connectivity index (χ4n) is 3.02. The minimum absolute atomic E-state index is 0.0374. The molecule has 2 rings (SSSR count). The van der Waals surface area contributed by atoms with Crippen LogP contribution in [0.2, 0.25) is 0 Å². The largest absolute Gasteiger partial charge is 0.315 e. The summed E-state index contributed by atoms with van der Waals surface area (Å²) >= 11 is 0. The van der Waals surface area contributed by atoms with Gasteiger partial charge in [-0.2, -0.15) is 5.26 Å². The van der Waals surface area contributed by atoms with Gasteiger partial charge in [-0.3, -0.25) is 4.90 Å². The molecule has 0 bridgehead atoms. The van der Waals surface area contributed by atoms with E-state index >= 15 is 0 Å². The van der Waals surface area contributed by atoms with Crippen molar-refractivity contribution in [2.24, 2.45) is 11.7 Å². The van der Waals surface area contributed by atoms with Gasteiger partial charge in [0, 0.05) is 19.1 Å². The Morgan fingerprint density at radius 3 is 1.75 bits per heavy atom. The Kier molecular flexibility index (Phi) is 6.99. The molecule has 0 saturated carbocycles. The molecule has 0 aromatic heterocycles. The zero-order valence-electron chi connectivity index (χ0n) is 14.6. The van der Waals surface area contributed by atoms with Gasteiger partial charge in [-0.25, -0.2) is 0 Å². The second kappa shape index (κ2) is 9.22. The number of benzene rings is 2. The van der Waals surface area contributed by atoms with Crippen molar-refractivity contribution >= 4 is 0 Å². The van der Waals surface area contributed by atoms with E-state index in [1.807, 2.05) is 12.1 Å². The van der Waals surface area contributed by atoms with Gasteiger partial charge in [0.15, 0.2) is 0 Å². The molecular formula is C21H27N3. The van der Waals surface area contributed by atoms with Crippen molar-refractivity contribution in [1.82, 2.24) is 4.90 Å². The third-order valence-electron chi connectivity index (χ3n) is 4.20. The Morgan fingerprint density at radius 1 is 0.917 bits per heavy atom. The lowest BCUT2D eigenvalue weighted by Gasteiger charge is -2.34. The van der Waals surface area contributed by atoms with E-state index in [-0.39, 0.29) is 6.04 Å². The SMILES string of the molecule is CC(C)CC(C(N)C#N)N(Cc1ccccc1)Cc1ccccc1. The van der Waals surface area contributed by atoms with Crippen LogP contribution in [0.4, 0.5) is 0 Å². The molecule has 126 valence electrons. The highest BCUT2D eigenvalue weighted by Gasteiger charge is 2.26. The molecule has 2 aromatic rings. The topological polar surface area (TPSA) is 53.1 Å². The van der Waals surface area contributed by atoms with Crippen LogP contribution in [0.1, 0.15) is 31.4 Å². The average Bonchev–Trinajstić information content (AvgIpc) is 2.60. The highest BCUT2D eigenvalue weighted by atomic mass is 15.2. The molecule has 0 amide bonds. The molecule has 3 heteroatoms. The Bertz CT molecular complexity index is 590. The van der Waals surface area contributed by atoms with Crippen molar-refractivity contribution in [1.29, 1.82) is 5.26 Å². The van der Waals surface area contributed by atoms with Crippen LogP contribution in [0, 0.1) is 17.2 Å². The summed E-state index contributed by atoms with van der Waals surface area (Å²) in [7, 11) is 0. The molecule has 0 aliphatic carbocycles. The minimum Gasteiger partial charge on any atom is -0.315 e. The maximum Gasteiger partial charge on any atom is 0.109 e. The molecule has 0 spiro atoms. The first kappa shape index (κ1) is 18.2. The lowest BCUT2D eigenvalue weighted by atomic mass is 9.95. The van der Waals surface area contributed by atoms with Crippen LogP contribution >= 0.6 is 0 Å². The van der Waals surface area contributed by atoms with Crippen molar-refractivity contribution in [3.63, 3.8) is 0 Å². The predicted octanol–water partition coefficient (Wildman–Crippen LogP) is 3.95. The Morgan fingerprint density at radius 2 is 1.38 bits per heavy atom. The number of nitrogens with zero attached hydrogens (tertiary/aromatic N) is 2. The van der Waals surface area contributed by atoms with E-state index < -0.39 is 6.04 Å². The van der Waals surface area contributed by atoms with Crippen molar-refractivity contribution in [3.05, 3.63) is 71.8 Å². The van der Waals surface area contributed by atoms with E-state index in [0.29, 0.717) is 5.92 Å². The molecule has 0 aliphatic heterocycles. The third-order valence-corrected chi connectivity index (χ3v) is 4.20. The molecule has 0 saturated heterocycles. The maximum absolute atomic E-state index is 9.40. The van der Waals surface area contributed by atoms with E-state index in [1.54, 1.807) is 0 Å². The van der Waals surface area contributed by atoms with E-state index in [2.05, 4.69) is 73.3 Å². The summed E-state index contributed by atoms with van der Waals surface area (Å²) in [6, 6.07) is 22.6. The van der Waals surface area contributed by atoms with Gasteiger partial charge in [0.05, 0.1) is 6.07 Å². The molecule has 3 nitrogen and oxygen atoms in total. The van der Waals surface area contributed by atoms with Gasteiger partial charge in [0.25, 0.3) is 0 Å². The summed E-state index contributed by atoms with van der Waals surface area (Å²) in [4.78, 5) is 2.35. The van der Waals surface area contributed by atoms with Gasteiger partial charge < -0.3 is 5.73 Å². The third kappa shape index (κ3) is 5.49. The van der Waals surface area contributed by atoms with Crippen LogP contribution in [-0.4, -0.2) is 17.0 Å². The van der Waals surface area contributed by atoms with Crippen LogP contribution in [0.5, 0.6) is 0 Å². The Hall–Kier alpha value is -2.15. The van der Waals surface area contributed by atoms with Crippen LogP contribution in [0.15, 0.2) is 60.7 Å². The zero-order valence-corrected chi connectivity index (χ0v) is 14.6. The lowest BCUT2D eigenvalue weighted by Crippen LogP contribution is -2.47. The number of rotatable bonds is 8. The minimum atomic E-state index is -0.486. The smallest absolute Gasteiger partial charge is 0.109 e. The molecule has 0 aliphatic rings. The lowest BCUT2D eigenvalue weighted by molar-refractivity contribution is 0.146. The molecule has 0 radical (unpaired) electrons. The number of hydrogen-bond donors (Lipinski definition) is 1. The van der Waals surface area contributed by atoms with E-state index in [9.17, 15) is 5.26 Å². The molecule has 24 heavy (non-hydrogen) atoms. The van der Waals surface area contributed by atoms with Crippen molar-refractivity contribution in [2.75, 3.05) is 0 Å². The predicted molar refractivity (Wildman–Crippen MR) is 99.0 cm³/mol. The first-order valence-electron chi connectivity index (χ1n) is 8.57. The summed E-state index contributed by atoms with van der Waals surface area (Å²) in [5, 5.41) is 9.40. The Balaban J connectivity index is 2.26. The fourth-order valence-corrected chi connectivity index (χ4v) is 3.02. The number of nitriles is 1.